The lowest BCUT2D eigenvalue weighted by molar-refractivity contribution is -0.125. The van der Waals surface area contributed by atoms with Gasteiger partial charge in [0.1, 0.15) is 18.2 Å². The molecule has 7 heteroatoms. The standard InChI is InChI=1S/C10H12N6O/c1-6(2)9(10(17)15-13)16-5-14-7(3-11)8(16)4-12/h5-6,9H,13H2,1-2H3,(H,15,17). The highest BCUT2D eigenvalue weighted by atomic mass is 16.2. The predicted molar refractivity (Wildman–Crippen MR) is 57.9 cm³/mol. The molecule has 1 rings (SSSR count). The van der Waals surface area contributed by atoms with E-state index in [1.54, 1.807) is 6.07 Å². The molecule has 88 valence electrons. The molecule has 0 spiro atoms. The Bertz CT molecular complexity index is 504. The Hall–Kier alpha value is -2.38. The zero-order valence-corrected chi connectivity index (χ0v) is 9.51. The third-order valence-corrected chi connectivity index (χ3v) is 2.35. The van der Waals surface area contributed by atoms with E-state index in [-0.39, 0.29) is 17.3 Å². The number of hydrogen-bond donors (Lipinski definition) is 2. The van der Waals surface area contributed by atoms with E-state index in [1.807, 2.05) is 25.3 Å². The highest BCUT2D eigenvalue weighted by molar-refractivity contribution is 5.80. The molecule has 0 aromatic carbocycles. The van der Waals surface area contributed by atoms with Gasteiger partial charge in [-0.2, -0.15) is 10.5 Å². The molecule has 1 amide bonds. The zero-order chi connectivity index (χ0) is 13.0. The summed E-state index contributed by atoms with van der Waals surface area (Å²) in [7, 11) is 0. The van der Waals surface area contributed by atoms with E-state index in [0.717, 1.165) is 0 Å². The van der Waals surface area contributed by atoms with E-state index in [9.17, 15) is 4.79 Å². The molecular weight excluding hydrogens is 220 g/mol. The second kappa shape index (κ2) is 5.10. The van der Waals surface area contributed by atoms with Gasteiger partial charge in [0.25, 0.3) is 5.91 Å². The van der Waals surface area contributed by atoms with Gasteiger partial charge in [-0.25, -0.2) is 10.8 Å². The number of imidazole rings is 1. The van der Waals surface area contributed by atoms with Crippen LogP contribution in [0, 0.1) is 28.6 Å². The van der Waals surface area contributed by atoms with E-state index in [4.69, 9.17) is 16.4 Å². The van der Waals surface area contributed by atoms with Crippen molar-refractivity contribution in [2.24, 2.45) is 11.8 Å². The molecule has 0 bridgehead atoms. The molecule has 0 saturated heterocycles. The van der Waals surface area contributed by atoms with Crippen molar-refractivity contribution >= 4 is 5.91 Å². The van der Waals surface area contributed by atoms with Gasteiger partial charge >= 0.3 is 0 Å². The molecule has 0 fully saturated rings. The Morgan fingerprint density at radius 1 is 1.53 bits per heavy atom. The van der Waals surface area contributed by atoms with Crippen molar-refractivity contribution in [2.45, 2.75) is 19.9 Å². The largest absolute Gasteiger partial charge is 0.308 e. The molecule has 0 aliphatic carbocycles. The smallest absolute Gasteiger partial charge is 0.257 e. The van der Waals surface area contributed by atoms with Crippen molar-refractivity contribution in [3.8, 4) is 12.1 Å². The van der Waals surface area contributed by atoms with E-state index < -0.39 is 11.9 Å². The molecule has 7 nitrogen and oxygen atoms in total. The van der Waals surface area contributed by atoms with Crippen molar-refractivity contribution in [3.05, 3.63) is 17.7 Å². The van der Waals surface area contributed by atoms with Crippen LogP contribution >= 0.6 is 0 Å². The van der Waals surface area contributed by atoms with Crippen LogP contribution in [-0.4, -0.2) is 15.5 Å². The van der Waals surface area contributed by atoms with Crippen LogP contribution in [0.1, 0.15) is 31.3 Å². The second-order valence-corrected chi connectivity index (χ2v) is 3.77. The van der Waals surface area contributed by atoms with E-state index in [1.165, 1.54) is 10.9 Å². The summed E-state index contributed by atoms with van der Waals surface area (Å²) in [6.45, 7) is 3.63. The Morgan fingerprint density at radius 2 is 2.18 bits per heavy atom. The van der Waals surface area contributed by atoms with Gasteiger partial charge in [0.15, 0.2) is 11.4 Å². The summed E-state index contributed by atoms with van der Waals surface area (Å²) in [4.78, 5) is 15.4. The lowest BCUT2D eigenvalue weighted by Gasteiger charge is -2.20. The fourth-order valence-electron chi connectivity index (χ4n) is 1.60. The van der Waals surface area contributed by atoms with Gasteiger partial charge < -0.3 is 4.57 Å². The average Bonchev–Trinajstić information content (AvgIpc) is 2.71. The second-order valence-electron chi connectivity index (χ2n) is 3.77. The highest BCUT2D eigenvalue weighted by Gasteiger charge is 2.27. The molecule has 0 radical (unpaired) electrons. The van der Waals surface area contributed by atoms with Crippen molar-refractivity contribution in [3.63, 3.8) is 0 Å². The van der Waals surface area contributed by atoms with Gasteiger partial charge in [-0.3, -0.25) is 10.2 Å². The van der Waals surface area contributed by atoms with Crippen LogP contribution < -0.4 is 11.3 Å². The summed E-state index contributed by atoms with van der Waals surface area (Å²) in [6, 6.07) is 3.00. The number of hydrazine groups is 1. The molecule has 1 unspecified atom stereocenters. The van der Waals surface area contributed by atoms with Gasteiger partial charge in [0.2, 0.25) is 0 Å². The van der Waals surface area contributed by atoms with Crippen LogP contribution in [0.4, 0.5) is 0 Å². The summed E-state index contributed by atoms with van der Waals surface area (Å²) < 4.78 is 1.37. The Labute approximate surface area is 98.4 Å². The molecule has 0 saturated carbocycles. The third kappa shape index (κ3) is 2.25. The topological polar surface area (TPSA) is 121 Å². The Balaban J connectivity index is 3.31. The number of nitriles is 2. The normalized spacial score (nSPS) is 11.6. The number of rotatable bonds is 3. The first-order valence-corrected chi connectivity index (χ1v) is 4.94. The summed E-state index contributed by atoms with van der Waals surface area (Å²) >= 11 is 0. The maximum absolute atomic E-state index is 11.6. The Morgan fingerprint density at radius 3 is 2.59 bits per heavy atom. The van der Waals surface area contributed by atoms with Crippen LogP contribution in [-0.2, 0) is 4.79 Å². The maximum Gasteiger partial charge on any atom is 0.257 e. The first kappa shape index (κ1) is 12.7. The third-order valence-electron chi connectivity index (χ3n) is 2.35. The molecule has 1 aromatic heterocycles. The van der Waals surface area contributed by atoms with Gasteiger partial charge in [-0.15, -0.1) is 0 Å². The van der Waals surface area contributed by atoms with E-state index in [2.05, 4.69) is 4.98 Å². The lowest BCUT2D eigenvalue weighted by Crippen LogP contribution is -2.39. The molecule has 1 aromatic rings. The fourth-order valence-corrected chi connectivity index (χ4v) is 1.60. The molecular formula is C10H12N6O. The number of nitrogens with two attached hydrogens (primary N) is 1. The Kier molecular flexibility index (Phi) is 3.81. The monoisotopic (exact) mass is 232 g/mol. The molecule has 1 atom stereocenters. The van der Waals surface area contributed by atoms with Crippen molar-refractivity contribution in [1.29, 1.82) is 10.5 Å². The SMILES string of the molecule is CC(C)C(C(=O)NN)n1cnc(C#N)c1C#N. The summed E-state index contributed by atoms with van der Waals surface area (Å²) in [5.41, 5.74) is 2.11. The number of aromatic nitrogens is 2. The molecule has 17 heavy (non-hydrogen) atoms. The number of amides is 1. The minimum atomic E-state index is -0.663. The number of nitrogens with one attached hydrogen (secondary N) is 1. The lowest BCUT2D eigenvalue weighted by atomic mass is 10.0. The summed E-state index contributed by atoms with van der Waals surface area (Å²) in [6.07, 6.45) is 1.30. The average molecular weight is 232 g/mol. The minimum Gasteiger partial charge on any atom is -0.308 e. The van der Waals surface area contributed by atoms with Crippen LogP contribution in [0.2, 0.25) is 0 Å². The van der Waals surface area contributed by atoms with Crippen LogP contribution in [0.3, 0.4) is 0 Å². The number of nitrogens with zero attached hydrogens (tertiary/aromatic N) is 4. The van der Waals surface area contributed by atoms with Crippen molar-refractivity contribution in [2.75, 3.05) is 0 Å². The number of carbonyl (C=O) groups is 1. The van der Waals surface area contributed by atoms with Gasteiger partial charge in [-0.1, -0.05) is 13.8 Å². The first-order valence-electron chi connectivity index (χ1n) is 4.94. The minimum absolute atomic E-state index is 0.00275. The van der Waals surface area contributed by atoms with Crippen molar-refractivity contribution < 1.29 is 4.79 Å². The molecule has 0 aliphatic rings. The van der Waals surface area contributed by atoms with Gasteiger partial charge in [0, 0.05) is 0 Å². The van der Waals surface area contributed by atoms with Crippen LogP contribution in [0.15, 0.2) is 6.33 Å². The van der Waals surface area contributed by atoms with Crippen LogP contribution in [0.5, 0.6) is 0 Å². The van der Waals surface area contributed by atoms with Gasteiger partial charge in [-0.05, 0) is 5.92 Å². The predicted octanol–water partition coefficient (Wildman–Crippen LogP) is -0.187. The van der Waals surface area contributed by atoms with E-state index in [0.29, 0.717) is 0 Å². The zero-order valence-electron chi connectivity index (χ0n) is 9.51. The molecule has 3 N–H and O–H groups in total. The summed E-state index contributed by atoms with van der Waals surface area (Å²) in [5, 5.41) is 17.8. The van der Waals surface area contributed by atoms with Crippen LogP contribution in [0.25, 0.3) is 0 Å². The molecule has 1 heterocycles. The number of carbonyl (C=O) groups excluding carboxylic acids is 1. The molecule has 0 aliphatic heterocycles. The van der Waals surface area contributed by atoms with Crippen molar-refractivity contribution in [1.82, 2.24) is 15.0 Å². The first-order chi connectivity index (χ1) is 8.06. The number of hydrogen-bond acceptors (Lipinski definition) is 5. The fraction of sp³-hybridized carbons (Fsp3) is 0.400. The highest BCUT2D eigenvalue weighted by Crippen LogP contribution is 2.21. The van der Waals surface area contributed by atoms with Gasteiger partial charge in [0.05, 0.1) is 6.33 Å². The summed E-state index contributed by atoms with van der Waals surface area (Å²) in [5.74, 6) is 4.57. The quantitative estimate of drug-likeness (QED) is 0.425. The van der Waals surface area contributed by atoms with E-state index >= 15 is 0 Å². The maximum atomic E-state index is 11.6.